The van der Waals surface area contributed by atoms with Crippen LogP contribution in [0.4, 0.5) is 4.79 Å². The normalized spacial score (nSPS) is 21.6. The van der Waals surface area contributed by atoms with E-state index in [9.17, 15) is 9.59 Å². The van der Waals surface area contributed by atoms with Crippen LogP contribution in [0.2, 0.25) is 0 Å². The molecule has 1 atom stereocenters. The summed E-state index contributed by atoms with van der Waals surface area (Å²) in [7, 11) is 0. The summed E-state index contributed by atoms with van der Waals surface area (Å²) in [6.45, 7) is 11.0. The van der Waals surface area contributed by atoms with Crippen molar-refractivity contribution in [2.24, 2.45) is 5.92 Å². The monoisotopic (exact) mass is 471 g/mol. The summed E-state index contributed by atoms with van der Waals surface area (Å²) in [6.07, 6.45) is 1.39. The molecule has 2 aliphatic heterocycles. The number of hydrogen-bond donors (Lipinski definition) is 0. The second-order valence-corrected chi connectivity index (χ2v) is 11.1. The van der Waals surface area contributed by atoms with Crippen molar-refractivity contribution in [2.75, 3.05) is 39.3 Å². The smallest absolute Gasteiger partial charge is 0.410 e. The van der Waals surface area contributed by atoms with Gasteiger partial charge in [0.2, 0.25) is 5.91 Å². The van der Waals surface area contributed by atoms with Crippen LogP contribution >= 0.6 is 27.3 Å². The van der Waals surface area contributed by atoms with Crippen molar-refractivity contribution in [1.29, 1.82) is 0 Å². The highest BCUT2D eigenvalue weighted by Gasteiger charge is 2.34. The van der Waals surface area contributed by atoms with Crippen LogP contribution in [0.3, 0.4) is 0 Å². The number of likely N-dealkylation sites (tertiary alicyclic amines) is 1. The first-order chi connectivity index (χ1) is 13.2. The second-order valence-electron chi connectivity index (χ2n) is 8.57. The van der Waals surface area contributed by atoms with Gasteiger partial charge in [0, 0.05) is 50.7 Å². The van der Waals surface area contributed by atoms with Crippen LogP contribution in [0.1, 0.15) is 38.5 Å². The van der Waals surface area contributed by atoms with Gasteiger partial charge in [-0.05, 0) is 61.7 Å². The third kappa shape index (κ3) is 5.94. The first kappa shape index (κ1) is 21.6. The van der Waals surface area contributed by atoms with Gasteiger partial charge in [0.1, 0.15) is 5.60 Å². The number of piperidine rings is 1. The Kier molecular flexibility index (Phi) is 7.04. The molecule has 0 aliphatic carbocycles. The van der Waals surface area contributed by atoms with E-state index in [1.54, 1.807) is 16.2 Å². The van der Waals surface area contributed by atoms with Crippen molar-refractivity contribution in [3.8, 4) is 0 Å². The Labute approximate surface area is 179 Å². The van der Waals surface area contributed by atoms with Gasteiger partial charge in [0.25, 0.3) is 0 Å². The summed E-state index contributed by atoms with van der Waals surface area (Å²) in [5.74, 6) is 0.0767. The Balaban J connectivity index is 1.48. The maximum Gasteiger partial charge on any atom is 0.410 e. The van der Waals surface area contributed by atoms with Crippen LogP contribution in [0.5, 0.6) is 0 Å². The lowest BCUT2D eigenvalue weighted by Crippen LogP contribution is -2.53. The van der Waals surface area contributed by atoms with Crippen molar-refractivity contribution in [1.82, 2.24) is 14.7 Å². The number of rotatable bonds is 3. The van der Waals surface area contributed by atoms with Gasteiger partial charge in [-0.15, -0.1) is 11.3 Å². The van der Waals surface area contributed by atoms with Gasteiger partial charge in [-0.2, -0.15) is 0 Å². The zero-order valence-electron chi connectivity index (χ0n) is 16.9. The van der Waals surface area contributed by atoms with E-state index < -0.39 is 5.60 Å². The van der Waals surface area contributed by atoms with Crippen molar-refractivity contribution in [3.05, 3.63) is 20.8 Å². The molecule has 0 spiro atoms. The van der Waals surface area contributed by atoms with Crippen molar-refractivity contribution in [2.45, 2.75) is 45.8 Å². The maximum absolute atomic E-state index is 13.0. The van der Waals surface area contributed by atoms with Gasteiger partial charge < -0.3 is 14.5 Å². The molecular formula is C20H30BrN3O3S. The van der Waals surface area contributed by atoms with Gasteiger partial charge in [-0.1, -0.05) is 0 Å². The first-order valence-corrected chi connectivity index (χ1v) is 11.6. The molecule has 1 aromatic rings. The molecule has 6 nitrogen and oxygen atoms in total. The quantitative estimate of drug-likeness (QED) is 0.672. The fraction of sp³-hybridized carbons (Fsp3) is 0.700. The number of thiophene rings is 1. The van der Waals surface area contributed by atoms with Crippen molar-refractivity contribution in [3.63, 3.8) is 0 Å². The SMILES string of the molecule is CC(C)(C)OC(=O)N1CCCC(C(=O)N2CCN(Cc3ccc(Br)s3)CC2)C1. The van der Waals surface area contributed by atoms with E-state index in [1.807, 2.05) is 25.7 Å². The lowest BCUT2D eigenvalue weighted by atomic mass is 9.96. The molecule has 2 saturated heterocycles. The Morgan fingerprint density at radius 1 is 1.14 bits per heavy atom. The zero-order valence-corrected chi connectivity index (χ0v) is 19.4. The predicted octanol–water partition coefficient (Wildman–Crippen LogP) is 3.80. The first-order valence-electron chi connectivity index (χ1n) is 9.94. The summed E-state index contributed by atoms with van der Waals surface area (Å²) in [5.41, 5.74) is -0.511. The van der Waals surface area contributed by atoms with Crippen LogP contribution in [0, 0.1) is 5.92 Å². The average molecular weight is 472 g/mol. The van der Waals surface area contributed by atoms with E-state index in [4.69, 9.17) is 4.74 Å². The molecule has 0 saturated carbocycles. The van der Waals surface area contributed by atoms with Gasteiger partial charge in [-0.3, -0.25) is 9.69 Å². The second kappa shape index (κ2) is 9.13. The van der Waals surface area contributed by atoms with Crippen molar-refractivity contribution < 1.29 is 14.3 Å². The Hall–Kier alpha value is -1.12. The molecule has 0 bridgehead atoms. The van der Waals surface area contributed by atoms with Gasteiger partial charge in [-0.25, -0.2) is 4.79 Å². The number of piperazine rings is 1. The Morgan fingerprint density at radius 2 is 1.86 bits per heavy atom. The van der Waals surface area contributed by atoms with E-state index in [1.165, 1.54) is 4.88 Å². The van der Waals surface area contributed by atoms with E-state index in [2.05, 4.69) is 33.0 Å². The molecular weight excluding hydrogens is 442 g/mol. The lowest BCUT2D eigenvalue weighted by Gasteiger charge is -2.39. The molecule has 2 amide bonds. The molecule has 2 fully saturated rings. The van der Waals surface area contributed by atoms with Crippen LogP contribution in [0.25, 0.3) is 0 Å². The molecule has 3 heterocycles. The van der Waals surface area contributed by atoms with Crippen LogP contribution < -0.4 is 0 Å². The number of amides is 2. The lowest BCUT2D eigenvalue weighted by molar-refractivity contribution is -0.139. The number of nitrogens with zero attached hydrogens (tertiary/aromatic N) is 3. The summed E-state index contributed by atoms with van der Waals surface area (Å²) in [4.78, 5) is 32.8. The highest BCUT2D eigenvalue weighted by atomic mass is 79.9. The standard InChI is InChI=1S/C20H30BrN3O3S/c1-20(2,3)27-19(26)24-8-4-5-15(13-24)18(25)23-11-9-22(10-12-23)14-16-6-7-17(21)28-16/h6-7,15H,4-5,8-14H2,1-3H3. The maximum atomic E-state index is 13.0. The van der Waals surface area contributed by atoms with E-state index in [-0.39, 0.29) is 17.9 Å². The molecule has 156 valence electrons. The van der Waals surface area contributed by atoms with E-state index in [0.717, 1.165) is 49.4 Å². The minimum atomic E-state index is -0.511. The molecule has 28 heavy (non-hydrogen) atoms. The molecule has 1 aromatic heterocycles. The summed E-state index contributed by atoms with van der Waals surface area (Å²) < 4.78 is 6.63. The minimum Gasteiger partial charge on any atom is -0.444 e. The van der Waals surface area contributed by atoms with Gasteiger partial charge >= 0.3 is 6.09 Å². The highest BCUT2D eigenvalue weighted by Crippen LogP contribution is 2.25. The number of hydrogen-bond acceptors (Lipinski definition) is 5. The summed E-state index contributed by atoms with van der Waals surface area (Å²) in [6, 6.07) is 4.23. The Bertz CT molecular complexity index is 695. The number of carbonyl (C=O) groups excluding carboxylic acids is 2. The van der Waals surface area contributed by atoms with Crippen LogP contribution in [0.15, 0.2) is 15.9 Å². The topological polar surface area (TPSA) is 53.1 Å². The van der Waals surface area contributed by atoms with E-state index >= 15 is 0 Å². The summed E-state index contributed by atoms with van der Waals surface area (Å²) in [5, 5.41) is 0. The zero-order chi connectivity index (χ0) is 20.3. The molecule has 0 radical (unpaired) electrons. The van der Waals surface area contributed by atoms with Crippen molar-refractivity contribution >= 4 is 39.3 Å². The molecule has 2 aliphatic rings. The fourth-order valence-electron chi connectivity index (χ4n) is 3.71. The van der Waals surface area contributed by atoms with Gasteiger partial charge in [0.15, 0.2) is 0 Å². The van der Waals surface area contributed by atoms with Crippen LogP contribution in [-0.4, -0.2) is 71.6 Å². The van der Waals surface area contributed by atoms with E-state index in [0.29, 0.717) is 13.1 Å². The summed E-state index contributed by atoms with van der Waals surface area (Å²) >= 11 is 5.27. The highest BCUT2D eigenvalue weighted by molar-refractivity contribution is 9.11. The molecule has 8 heteroatoms. The molecule has 1 unspecified atom stereocenters. The van der Waals surface area contributed by atoms with Gasteiger partial charge in [0.05, 0.1) is 9.70 Å². The number of carbonyl (C=O) groups is 2. The predicted molar refractivity (Wildman–Crippen MR) is 114 cm³/mol. The third-order valence-corrected chi connectivity index (χ3v) is 6.72. The molecule has 0 aromatic carbocycles. The number of halogens is 1. The van der Waals surface area contributed by atoms with Crippen LogP contribution in [-0.2, 0) is 16.1 Å². The molecule has 0 N–H and O–H groups in total. The minimum absolute atomic E-state index is 0.110. The Morgan fingerprint density at radius 3 is 2.46 bits per heavy atom. The average Bonchev–Trinajstić information content (AvgIpc) is 3.05. The fourth-order valence-corrected chi connectivity index (χ4v) is 5.24. The largest absolute Gasteiger partial charge is 0.444 e. The number of ether oxygens (including phenoxy) is 1. The third-order valence-electron chi connectivity index (χ3n) is 5.11. The molecule has 3 rings (SSSR count).